The van der Waals surface area contributed by atoms with Crippen LogP contribution < -0.4 is 9.64 Å². The van der Waals surface area contributed by atoms with E-state index in [1.54, 1.807) is 30.3 Å². The molecule has 0 fully saturated rings. The maximum absolute atomic E-state index is 13.1. The molecular weight excluding hydrogens is 319 g/mol. The Labute approximate surface area is 138 Å². The van der Waals surface area contributed by atoms with Gasteiger partial charge in [-0.2, -0.15) is 13.2 Å². The van der Waals surface area contributed by atoms with E-state index in [1.165, 1.54) is 37.5 Å². The topological polar surface area (TPSA) is 29.5 Å². The molecule has 3 nitrogen and oxygen atoms in total. The van der Waals surface area contributed by atoms with Crippen LogP contribution in [-0.4, -0.2) is 19.2 Å². The molecule has 0 aromatic heterocycles. The van der Waals surface area contributed by atoms with Gasteiger partial charge in [-0.3, -0.25) is 9.69 Å². The lowest BCUT2D eigenvalue weighted by Gasteiger charge is -2.31. The van der Waals surface area contributed by atoms with Gasteiger partial charge >= 0.3 is 12.1 Å². The molecule has 0 unspecified atom stereocenters. The van der Waals surface area contributed by atoms with Gasteiger partial charge in [-0.15, -0.1) is 6.58 Å². The van der Waals surface area contributed by atoms with Gasteiger partial charge in [0.05, 0.1) is 13.2 Å². The van der Waals surface area contributed by atoms with Gasteiger partial charge in [0.2, 0.25) is 0 Å². The van der Waals surface area contributed by atoms with Crippen LogP contribution in [0.1, 0.15) is 11.6 Å². The summed E-state index contributed by atoms with van der Waals surface area (Å²) in [6.45, 7) is 3.60. The molecule has 0 N–H and O–H groups in total. The van der Waals surface area contributed by atoms with Crippen molar-refractivity contribution in [2.24, 2.45) is 0 Å². The van der Waals surface area contributed by atoms with Gasteiger partial charge in [-0.25, -0.2) is 0 Å². The molecule has 0 aliphatic heterocycles. The Hall–Kier alpha value is -2.76. The van der Waals surface area contributed by atoms with Crippen LogP contribution in [0.4, 0.5) is 18.9 Å². The van der Waals surface area contributed by atoms with Crippen LogP contribution in [0.3, 0.4) is 0 Å². The molecule has 0 heterocycles. The Morgan fingerprint density at radius 2 is 1.71 bits per heavy atom. The smallest absolute Gasteiger partial charge is 0.471 e. The number of rotatable bonds is 5. The van der Waals surface area contributed by atoms with E-state index in [4.69, 9.17) is 4.74 Å². The summed E-state index contributed by atoms with van der Waals surface area (Å²) in [4.78, 5) is 12.7. The number of anilines is 1. The number of hydrogen-bond donors (Lipinski definition) is 0. The first kappa shape index (κ1) is 17.6. The van der Waals surface area contributed by atoms with Crippen LogP contribution in [0.25, 0.3) is 0 Å². The summed E-state index contributed by atoms with van der Waals surface area (Å²) >= 11 is 0. The zero-order valence-electron chi connectivity index (χ0n) is 13.0. The molecule has 0 aliphatic rings. The first-order chi connectivity index (χ1) is 11.4. The molecule has 6 heteroatoms. The number of hydrogen-bond acceptors (Lipinski definition) is 2. The summed E-state index contributed by atoms with van der Waals surface area (Å²) in [5.41, 5.74) is 0.632. The van der Waals surface area contributed by atoms with E-state index in [2.05, 4.69) is 6.58 Å². The van der Waals surface area contributed by atoms with Gasteiger partial charge in [-0.05, 0) is 29.8 Å². The van der Waals surface area contributed by atoms with E-state index in [-0.39, 0.29) is 5.69 Å². The highest BCUT2D eigenvalue weighted by Crippen LogP contribution is 2.33. The van der Waals surface area contributed by atoms with Crippen molar-refractivity contribution in [1.82, 2.24) is 0 Å². The van der Waals surface area contributed by atoms with Gasteiger partial charge < -0.3 is 4.74 Å². The van der Waals surface area contributed by atoms with E-state index >= 15 is 0 Å². The molecular formula is C18H16F3NO2. The zero-order valence-corrected chi connectivity index (χ0v) is 13.0. The average molecular weight is 335 g/mol. The van der Waals surface area contributed by atoms with E-state index in [1.807, 2.05) is 0 Å². The standard InChI is InChI=1S/C18H16F3NO2/c1-3-16(13-7-5-4-6-8-13)22(17(23)18(19,20)21)14-9-11-15(24-2)12-10-14/h3-12,16H,1H2,2H3/t16-/m1/s1. The van der Waals surface area contributed by atoms with Crippen molar-refractivity contribution in [3.05, 3.63) is 72.8 Å². The van der Waals surface area contributed by atoms with Crippen molar-refractivity contribution >= 4 is 11.6 Å². The molecule has 24 heavy (non-hydrogen) atoms. The summed E-state index contributed by atoms with van der Waals surface area (Å²) < 4.78 is 44.3. The number of carbonyl (C=O) groups is 1. The molecule has 0 saturated carbocycles. The highest BCUT2D eigenvalue weighted by atomic mass is 19.4. The van der Waals surface area contributed by atoms with Crippen molar-refractivity contribution < 1.29 is 22.7 Å². The number of halogens is 3. The number of alkyl halides is 3. The van der Waals surface area contributed by atoms with Crippen LogP contribution in [0.2, 0.25) is 0 Å². The number of ether oxygens (including phenoxy) is 1. The molecule has 1 atom stereocenters. The second-order valence-corrected chi connectivity index (χ2v) is 4.96. The van der Waals surface area contributed by atoms with Gasteiger partial charge in [-0.1, -0.05) is 36.4 Å². The average Bonchev–Trinajstić information content (AvgIpc) is 2.59. The second kappa shape index (κ2) is 7.21. The highest BCUT2D eigenvalue weighted by molar-refractivity contribution is 5.98. The number of nitrogens with zero attached hydrogens (tertiary/aromatic N) is 1. The third kappa shape index (κ3) is 3.76. The molecule has 0 bridgehead atoms. The van der Waals surface area contributed by atoms with Gasteiger partial charge in [0.1, 0.15) is 5.75 Å². The van der Waals surface area contributed by atoms with Crippen LogP contribution in [0.5, 0.6) is 5.75 Å². The summed E-state index contributed by atoms with van der Waals surface area (Å²) in [7, 11) is 1.45. The van der Waals surface area contributed by atoms with E-state index in [0.717, 1.165) is 0 Å². The SMILES string of the molecule is C=C[C@H](c1ccccc1)N(C(=O)C(F)(F)F)c1ccc(OC)cc1. The minimum absolute atomic E-state index is 0.104. The summed E-state index contributed by atoms with van der Waals surface area (Å²) in [6, 6.07) is 13.3. The fourth-order valence-electron chi connectivity index (χ4n) is 2.32. The number of carbonyl (C=O) groups excluding carboxylic acids is 1. The summed E-state index contributed by atoms with van der Waals surface area (Å²) in [5, 5.41) is 0. The Balaban J connectivity index is 2.52. The number of methoxy groups -OCH3 is 1. The van der Waals surface area contributed by atoms with E-state index < -0.39 is 18.1 Å². The lowest BCUT2D eigenvalue weighted by molar-refractivity contribution is -0.170. The normalized spacial score (nSPS) is 12.3. The Morgan fingerprint density at radius 3 is 2.17 bits per heavy atom. The van der Waals surface area contributed by atoms with Crippen molar-refractivity contribution in [2.75, 3.05) is 12.0 Å². The zero-order chi connectivity index (χ0) is 17.7. The minimum Gasteiger partial charge on any atom is -0.497 e. The van der Waals surface area contributed by atoms with Crippen LogP contribution in [-0.2, 0) is 4.79 Å². The first-order valence-electron chi connectivity index (χ1n) is 7.10. The molecule has 0 radical (unpaired) electrons. The first-order valence-corrected chi connectivity index (χ1v) is 7.10. The van der Waals surface area contributed by atoms with Crippen molar-refractivity contribution in [2.45, 2.75) is 12.2 Å². The van der Waals surface area contributed by atoms with Crippen LogP contribution >= 0.6 is 0 Å². The lowest BCUT2D eigenvalue weighted by Crippen LogP contribution is -2.43. The van der Waals surface area contributed by atoms with Crippen molar-refractivity contribution in [3.8, 4) is 5.75 Å². The van der Waals surface area contributed by atoms with E-state index in [9.17, 15) is 18.0 Å². The molecule has 1 amide bonds. The second-order valence-electron chi connectivity index (χ2n) is 4.96. The molecule has 0 spiro atoms. The quantitative estimate of drug-likeness (QED) is 0.752. The van der Waals surface area contributed by atoms with Gasteiger partial charge in [0, 0.05) is 5.69 Å². The van der Waals surface area contributed by atoms with Crippen molar-refractivity contribution in [1.29, 1.82) is 0 Å². The third-order valence-electron chi connectivity index (χ3n) is 3.45. The van der Waals surface area contributed by atoms with Crippen molar-refractivity contribution in [3.63, 3.8) is 0 Å². The highest BCUT2D eigenvalue weighted by Gasteiger charge is 2.45. The van der Waals surface area contributed by atoms with Crippen LogP contribution in [0, 0.1) is 0 Å². The maximum atomic E-state index is 13.1. The minimum atomic E-state index is -5.00. The monoisotopic (exact) mass is 335 g/mol. The maximum Gasteiger partial charge on any atom is 0.471 e. The predicted molar refractivity (Wildman–Crippen MR) is 85.9 cm³/mol. The third-order valence-corrected chi connectivity index (χ3v) is 3.45. The Bertz CT molecular complexity index is 696. The number of benzene rings is 2. The number of amides is 1. The molecule has 126 valence electrons. The Morgan fingerprint density at radius 1 is 1.12 bits per heavy atom. The molecule has 0 saturated heterocycles. The lowest BCUT2D eigenvalue weighted by atomic mass is 10.0. The van der Waals surface area contributed by atoms with Crippen LogP contribution in [0.15, 0.2) is 67.3 Å². The Kier molecular flexibility index (Phi) is 5.28. The molecule has 2 rings (SSSR count). The van der Waals surface area contributed by atoms with E-state index in [0.29, 0.717) is 16.2 Å². The molecule has 2 aromatic rings. The molecule has 2 aromatic carbocycles. The summed E-state index contributed by atoms with van der Waals surface area (Å²) in [5.74, 6) is -1.48. The van der Waals surface area contributed by atoms with Gasteiger partial charge in [0.15, 0.2) is 0 Å². The summed E-state index contributed by atoms with van der Waals surface area (Å²) in [6.07, 6.45) is -3.70. The fourth-order valence-corrected chi connectivity index (χ4v) is 2.32. The predicted octanol–water partition coefficient (Wildman–Crippen LogP) is 4.52. The molecule has 0 aliphatic carbocycles. The van der Waals surface area contributed by atoms with Gasteiger partial charge in [0.25, 0.3) is 0 Å². The largest absolute Gasteiger partial charge is 0.497 e. The fraction of sp³-hybridized carbons (Fsp3) is 0.167.